The number of halogens is 2. The second kappa shape index (κ2) is 8.68. The van der Waals surface area contributed by atoms with E-state index in [1.165, 1.54) is 0 Å². The zero-order valence-corrected chi connectivity index (χ0v) is 17.6. The van der Waals surface area contributed by atoms with Gasteiger partial charge < -0.3 is 9.47 Å². The van der Waals surface area contributed by atoms with Gasteiger partial charge in [0.1, 0.15) is 18.1 Å². The van der Waals surface area contributed by atoms with Gasteiger partial charge in [0.15, 0.2) is 0 Å². The maximum absolute atomic E-state index is 12.2. The molecule has 0 spiro atoms. The van der Waals surface area contributed by atoms with Gasteiger partial charge in [-0.05, 0) is 75.6 Å². The Labute approximate surface area is 182 Å². The Hall–Kier alpha value is -2.82. The molecule has 4 rings (SSSR count). The van der Waals surface area contributed by atoms with E-state index >= 15 is 0 Å². The number of hydrogen-bond acceptors (Lipinski definition) is 3. The molecule has 0 bridgehead atoms. The van der Waals surface area contributed by atoms with E-state index in [1.807, 2.05) is 60.7 Å². The van der Waals surface area contributed by atoms with Gasteiger partial charge in [0.05, 0.1) is 10.0 Å². The van der Waals surface area contributed by atoms with Crippen molar-refractivity contribution in [1.29, 1.82) is 0 Å². The van der Waals surface area contributed by atoms with E-state index in [4.69, 9.17) is 21.1 Å². The van der Waals surface area contributed by atoms with Crippen molar-refractivity contribution in [2.24, 2.45) is 0 Å². The van der Waals surface area contributed by atoms with Crippen LogP contribution < -0.4 is 4.74 Å². The fourth-order valence-corrected chi connectivity index (χ4v) is 3.52. The van der Waals surface area contributed by atoms with Crippen molar-refractivity contribution in [3.8, 4) is 5.75 Å². The van der Waals surface area contributed by atoms with Gasteiger partial charge in [0.25, 0.3) is 0 Å². The predicted octanol–water partition coefficient (Wildman–Crippen LogP) is 6.66. The lowest BCUT2D eigenvalue weighted by atomic mass is 10.1. The zero-order valence-electron chi connectivity index (χ0n) is 15.3. The summed E-state index contributed by atoms with van der Waals surface area (Å²) in [7, 11) is 0. The van der Waals surface area contributed by atoms with Crippen molar-refractivity contribution in [3.63, 3.8) is 0 Å². The summed E-state index contributed by atoms with van der Waals surface area (Å²) in [4.78, 5) is 12.2. The van der Waals surface area contributed by atoms with Crippen molar-refractivity contribution in [2.75, 3.05) is 0 Å². The number of carbonyl (C=O) groups excluding carboxylic acids is 1. The minimum Gasteiger partial charge on any atom is -0.488 e. The lowest BCUT2D eigenvalue weighted by molar-refractivity contribution is -0.130. The maximum atomic E-state index is 12.2. The average molecular weight is 468 g/mol. The van der Waals surface area contributed by atoms with Gasteiger partial charge in [-0.3, -0.25) is 0 Å². The highest BCUT2D eigenvalue weighted by atomic mass is 79.9. The SMILES string of the molecule is O=C1OC(c2ccc(Cl)cc2)=C/C1=C\c1ccc(OCc2ccccc2)c(Br)c1. The molecule has 0 radical (unpaired) electrons. The first-order valence-electron chi connectivity index (χ1n) is 8.96. The summed E-state index contributed by atoms with van der Waals surface area (Å²) in [5.74, 6) is 0.873. The van der Waals surface area contributed by atoms with Gasteiger partial charge in [-0.25, -0.2) is 4.79 Å². The lowest BCUT2D eigenvalue weighted by Gasteiger charge is -2.09. The molecule has 3 aromatic rings. The Kier molecular flexibility index (Phi) is 5.84. The Balaban J connectivity index is 1.51. The first-order valence-corrected chi connectivity index (χ1v) is 10.1. The van der Waals surface area contributed by atoms with E-state index in [9.17, 15) is 4.79 Å². The molecule has 0 saturated carbocycles. The van der Waals surface area contributed by atoms with Crippen LogP contribution in [0.3, 0.4) is 0 Å². The summed E-state index contributed by atoms with van der Waals surface area (Å²) in [6, 6.07) is 22.8. The average Bonchev–Trinajstić information content (AvgIpc) is 3.09. The first-order chi connectivity index (χ1) is 14.1. The van der Waals surface area contributed by atoms with Crippen LogP contribution in [-0.2, 0) is 16.1 Å². The summed E-state index contributed by atoms with van der Waals surface area (Å²) >= 11 is 9.46. The Bertz CT molecular complexity index is 1100. The number of esters is 1. The highest BCUT2D eigenvalue weighted by molar-refractivity contribution is 9.10. The van der Waals surface area contributed by atoms with Gasteiger partial charge in [-0.1, -0.05) is 48.0 Å². The molecule has 1 heterocycles. The van der Waals surface area contributed by atoms with Crippen molar-refractivity contribution in [1.82, 2.24) is 0 Å². The normalized spacial score (nSPS) is 14.6. The third-order valence-corrected chi connectivity index (χ3v) is 5.24. The van der Waals surface area contributed by atoms with Crippen molar-refractivity contribution in [3.05, 3.63) is 111 Å². The highest BCUT2D eigenvalue weighted by Crippen LogP contribution is 2.31. The fraction of sp³-hybridized carbons (Fsp3) is 0.0417. The van der Waals surface area contributed by atoms with Crippen LogP contribution in [0.15, 0.2) is 88.9 Å². The summed E-state index contributed by atoms with van der Waals surface area (Å²) in [5, 5.41) is 0.633. The number of rotatable bonds is 5. The second-order valence-electron chi connectivity index (χ2n) is 6.47. The second-order valence-corrected chi connectivity index (χ2v) is 7.76. The molecule has 0 aliphatic carbocycles. The van der Waals surface area contributed by atoms with Crippen LogP contribution >= 0.6 is 27.5 Å². The van der Waals surface area contributed by atoms with Crippen LogP contribution in [0, 0.1) is 0 Å². The van der Waals surface area contributed by atoms with Crippen molar-refractivity contribution < 1.29 is 14.3 Å². The summed E-state index contributed by atoms with van der Waals surface area (Å²) in [6.07, 6.45) is 3.52. The molecule has 3 aromatic carbocycles. The van der Waals surface area contributed by atoms with E-state index in [0.717, 1.165) is 26.9 Å². The van der Waals surface area contributed by atoms with Gasteiger partial charge in [0, 0.05) is 10.6 Å². The standard InChI is InChI=1S/C24H16BrClO3/c25-21-13-17(6-11-22(21)28-15-16-4-2-1-3-5-16)12-19-14-23(29-24(19)27)18-7-9-20(26)10-8-18/h1-14H,15H2/b19-12+. The molecule has 29 heavy (non-hydrogen) atoms. The molecule has 0 atom stereocenters. The van der Waals surface area contributed by atoms with Crippen molar-refractivity contribution >= 4 is 45.3 Å². The summed E-state index contributed by atoms with van der Waals surface area (Å²) in [5.41, 5.74) is 3.25. The van der Waals surface area contributed by atoms with Gasteiger partial charge in [0.2, 0.25) is 0 Å². The molecular weight excluding hydrogens is 452 g/mol. The lowest BCUT2D eigenvalue weighted by Crippen LogP contribution is -1.97. The minimum atomic E-state index is -0.379. The number of ether oxygens (including phenoxy) is 2. The zero-order chi connectivity index (χ0) is 20.2. The molecule has 1 aliphatic rings. The van der Waals surface area contributed by atoms with Gasteiger partial charge in [-0.15, -0.1) is 0 Å². The molecule has 1 aliphatic heterocycles. The molecule has 144 valence electrons. The topological polar surface area (TPSA) is 35.5 Å². The predicted molar refractivity (Wildman–Crippen MR) is 118 cm³/mol. The fourth-order valence-electron chi connectivity index (χ4n) is 2.88. The van der Waals surface area contributed by atoms with Crippen LogP contribution in [0.4, 0.5) is 0 Å². The number of carbonyl (C=O) groups is 1. The van der Waals surface area contributed by atoms with Crippen LogP contribution in [0.2, 0.25) is 5.02 Å². The quantitative estimate of drug-likeness (QED) is 0.311. The molecule has 0 N–H and O–H groups in total. The Morgan fingerprint density at radius 3 is 2.48 bits per heavy atom. The summed E-state index contributed by atoms with van der Waals surface area (Å²) in [6.45, 7) is 0.486. The third kappa shape index (κ3) is 4.78. The molecule has 0 fully saturated rings. The van der Waals surface area contributed by atoms with E-state index in [0.29, 0.717) is 23.0 Å². The molecule has 0 aromatic heterocycles. The molecule has 0 saturated heterocycles. The Morgan fingerprint density at radius 1 is 1.00 bits per heavy atom. The Morgan fingerprint density at radius 2 is 1.76 bits per heavy atom. The van der Waals surface area contributed by atoms with E-state index in [-0.39, 0.29) is 5.97 Å². The van der Waals surface area contributed by atoms with Crippen LogP contribution in [0.5, 0.6) is 5.75 Å². The van der Waals surface area contributed by atoms with Crippen LogP contribution in [0.1, 0.15) is 16.7 Å². The van der Waals surface area contributed by atoms with Gasteiger partial charge >= 0.3 is 5.97 Å². The van der Waals surface area contributed by atoms with Crippen LogP contribution in [-0.4, -0.2) is 5.97 Å². The maximum Gasteiger partial charge on any atom is 0.343 e. The van der Waals surface area contributed by atoms with Gasteiger partial charge in [-0.2, -0.15) is 0 Å². The minimum absolute atomic E-state index is 0.379. The summed E-state index contributed by atoms with van der Waals surface area (Å²) < 4.78 is 12.1. The molecule has 0 amide bonds. The molecular formula is C24H16BrClO3. The third-order valence-electron chi connectivity index (χ3n) is 4.37. The molecule has 5 heteroatoms. The largest absolute Gasteiger partial charge is 0.488 e. The number of hydrogen-bond donors (Lipinski definition) is 0. The number of cyclic esters (lactones) is 1. The van der Waals surface area contributed by atoms with Crippen molar-refractivity contribution in [2.45, 2.75) is 6.61 Å². The smallest absolute Gasteiger partial charge is 0.343 e. The van der Waals surface area contributed by atoms with Crippen LogP contribution in [0.25, 0.3) is 11.8 Å². The molecule has 0 unspecified atom stereocenters. The van der Waals surface area contributed by atoms with E-state index in [2.05, 4.69) is 15.9 Å². The van der Waals surface area contributed by atoms with E-state index < -0.39 is 0 Å². The monoisotopic (exact) mass is 466 g/mol. The highest BCUT2D eigenvalue weighted by Gasteiger charge is 2.22. The number of benzene rings is 3. The first kappa shape index (κ1) is 19.5. The molecule has 3 nitrogen and oxygen atoms in total. The van der Waals surface area contributed by atoms with E-state index in [1.54, 1.807) is 24.3 Å².